The summed E-state index contributed by atoms with van der Waals surface area (Å²) in [5.41, 5.74) is 1.30. The molecule has 2 aromatic carbocycles. The van der Waals surface area contributed by atoms with Crippen LogP contribution in [-0.2, 0) is 6.54 Å². The molecule has 9 heteroatoms. The van der Waals surface area contributed by atoms with Gasteiger partial charge in [-0.2, -0.15) is 5.26 Å². The number of pyridine rings is 2. The quantitative estimate of drug-likeness (QED) is 0.306. The van der Waals surface area contributed by atoms with Crippen LogP contribution < -0.4 is 24.5 Å². The van der Waals surface area contributed by atoms with E-state index in [1.54, 1.807) is 31.0 Å². The molecule has 0 atom stereocenters. The van der Waals surface area contributed by atoms with Crippen molar-refractivity contribution in [2.45, 2.75) is 13.5 Å². The van der Waals surface area contributed by atoms with Crippen molar-refractivity contribution in [3.05, 3.63) is 40.8 Å². The van der Waals surface area contributed by atoms with Crippen LogP contribution in [-0.4, -0.2) is 55.1 Å². The van der Waals surface area contributed by atoms with Gasteiger partial charge in [0.15, 0.2) is 23.0 Å². The van der Waals surface area contributed by atoms with Gasteiger partial charge in [-0.3, -0.25) is 14.7 Å². The summed E-state index contributed by atoms with van der Waals surface area (Å²) in [7, 11) is 3.11. The fraction of sp³-hybridized carbons (Fsp3) is 0.320. The molecule has 0 amide bonds. The Bertz CT molecular complexity index is 1520. The molecular formula is C25H24N4O5. The lowest BCUT2D eigenvalue weighted by molar-refractivity contribution is 0.174. The number of rotatable bonds is 7. The molecule has 1 aliphatic heterocycles. The van der Waals surface area contributed by atoms with Crippen molar-refractivity contribution in [1.29, 1.82) is 5.26 Å². The van der Waals surface area contributed by atoms with Gasteiger partial charge in [0.1, 0.15) is 0 Å². The van der Waals surface area contributed by atoms with Gasteiger partial charge in [0, 0.05) is 41.5 Å². The molecule has 0 saturated heterocycles. The minimum atomic E-state index is -0.151. The summed E-state index contributed by atoms with van der Waals surface area (Å²) in [6.45, 7) is 4.10. The highest BCUT2D eigenvalue weighted by Gasteiger charge is 2.21. The van der Waals surface area contributed by atoms with Crippen LogP contribution in [0.25, 0.3) is 32.6 Å². The second-order valence-electron chi connectivity index (χ2n) is 7.98. The highest BCUT2D eigenvalue weighted by Crippen LogP contribution is 2.40. The minimum absolute atomic E-state index is 0.149. The topological polar surface area (TPSA) is 98.8 Å². The third-order valence-corrected chi connectivity index (χ3v) is 6.27. The zero-order chi connectivity index (χ0) is 23.8. The molecule has 2 aromatic heterocycles. The fourth-order valence-electron chi connectivity index (χ4n) is 4.49. The summed E-state index contributed by atoms with van der Waals surface area (Å²) in [5, 5.41) is 12.0. The molecule has 0 N–H and O–H groups in total. The van der Waals surface area contributed by atoms with Crippen molar-refractivity contribution >= 4 is 32.6 Å². The normalized spacial score (nSPS) is 12.6. The van der Waals surface area contributed by atoms with Crippen LogP contribution in [0.5, 0.6) is 23.0 Å². The monoisotopic (exact) mass is 460 g/mol. The summed E-state index contributed by atoms with van der Waals surface area (Å²) < 4.78 is 23.8. The van der Waals surface area contributed by atoms with Crippen molar-refractivity contribution in [2.24, 2.45) is 0 Å². The molecule has 0 spiro atoms. The van der Waals surface area contributed by atoms with Crippen molar-refractivity contribution in [1.82, 2.24) is 14.5 Å². The largest absolute Gasteiger partial charge is 0.493 e. The Kier molecular flexibility index (Phi) is 5.59. The first kappa shape index (κ1) is 21.8. The van der Waals surface area contributed by atoms with E-state index in [9.17, 15) is 4.79 Å². The lowest BCUT2D eigenvalue weighted by Gasteiger charge is -2.20. The molecule has 5 rings (SSSR count). The number of aromatic nitrogens is 2. The van der Waals surface area contributed by atoms with Gasteiger partial charge >= 0.3 is 0 Å². The second-order valence-corrected chi connectivity index (χ2v) is 7.98. The first-order valence-electron chi connectivity index (χ1n) is 11.0. The van der Waals surface area contributed by atoms with E-state index in [0.29, 0.717) is 60.1 Å². The number of ether oxygens (including phenoxy) is 4. The molecule has 0 radical (unpaired) electrons. The molecule has 0 saturated carbocycles. The number of benzene rings is 2. The Morgan fingerprint density at radius 2 is 1.76 bits per heavy atom. The van der Waals surface area contributed by atoms with Crippen molar-refractivity contribution in [2.75, 3.05) is 40.6 Å². The van der Waals surface area contributed by atoms with E-state index in [1.807, 2.05) is 30.0 Å². The van der Waals surface area contributed by atoms with Crippen LogP contribution in [0.15, 0.2) is 35.3 Å². The molecule has 4 aromatic rings. The van der Waals surface area contributed by atoms with E-state index in [-0.39, 0.29) is 12.4 Å². The lowest BCUT2D eigenvalue weighted by Crippen LogP contribution is -2.31. The van der Waals surface area contributed by atoms with Crippen LogP contribution in [0.4, 0.5) is 0 Å². The van der Waals surface area contributed by atoms with E-state index in [1.165, 1.54) is 0 Å². The molecule has 34 heavy (non-hydrogen) atoms. The van der Waals surface area contributed by atoms with E-state index in [2.05, 4.69) is 11.1 Å². The zero-order valence-corrected chi connectivity index (χ0v) is 19.3. The highest BCUT2D eigenvalue weighted by molar-refractivity contribution is 6.15. The summed E-state index contributed by atoms with van der Waals surface area (Å²) >= 11 is 0. The predicted octanol–water partition coefficient (Wildman–Crippen LogP) is 3.29. The maximum atomic E-state index is 13.9. The average molecular weight is 460 g/mol. The Balaban J connectivity index is 1.85. The Morgan fingerprint density at radius 1 is 1.06 bits per heavy atom. The van der Waals surface area contributed by atoms with Gasteiger partial charge in [-0.1, -0.05) is 6.92 Å². The predicted molar refractivity (Wildman–Crippen MR) is 128 cm³/mol. The average Bonchev–Trinajstić information content (AvgIpc) is 3.32. The summed E-state index contributed by atoms with van der Waals surface area (Å²) in [6, 6.07) is 9.43. The third kappa shape index (κ3) is 3.43. The maximum absolute atomic E-state index is 13.9. The van der Waals surface area contributed by atoms with Crippen LogP contribution in [0, 0.1) is 11.3 Å². The number of hydrogen-bond acceptors (Lipinski definition) is 8. The zero-order valence-electron chi connectivity index (χ0n) is 19.3. The number of nitriles is 1. The van der Waals surface area contributed by atoms with Crippen molar-refractivity contribution in [3.63, 3.8) is 0 Å². The molecule has 1 aliphatic rings. The van der Waals surface area contributed by atoms with Crippen LogP contribution >= 0.6 is 0 Å². The molecule has 3 heterocycles. The second kappa shape index (κ2) is 8.72. The van der Waals surface area contributed by atoms with Crippen LogP contribution in [0.2, 0.25) is 0 Å². The van der Waals surface area contributed by atoms with Gasteiger partial charge < -0.3 is 23.5 Å². The van der Waals surface area contributed by atoms with E-state index >= 15 is 0 Å². The lowest BCUT2D eigenvalue weighted by atomic mass is 10.0. The van der Waals surface area contributed by atoms with Gasteiger partial charge in [0.25, 0.3) is 5.56 Å². The Morgan fingerprint density at radius 3 is 2.44 bits per heavy atom. The fourth-order valence-corrected chi connectivity index (χ4v) is 4.49. The van der Waals surface area contributed by atoms with Gasteiger partial charge in [0.05, 0.1) is 43.3 Å². The van der Waals surface area contributed by atoms with E-state index < -0.39 is 0 Å². The maximum Gasteiger partial charge on any atom is 0.259 e. The Hall–Kier alpha value is -4.03. The molecule has 0 fully saturated rings. The van der Waals surface area contributed by atoms with E-state index in [0.717, 1.165) is 21.7 Å². The molecule has 9 nitrogen and oxygen atoms in total. The first-order chi connectivity index (χ1) is 16.6. The number of fused-ring (bicyclic) bond motifs is 6. The summed E-state index contributed by atoms with van der Waals surface area (Å²) in [6.07, 6.45) is 1.77. The smallest absolute Gasteiger partial charge is 0.259 e. The standard InChI is InChI=1S/C25H24N4O5/c1-4-28(6-5-26)7-8-29-24-17-11-22-23(34-14-33-22)12-19(17)27-13-18(24)15-9-20(31-2)21(32-3)10-16(15)25(29)30/h9-13H,4,6-8,14H2,1-3H3. The minimum Gasteiger partial charge on any atom is -0.493 e. The number of methoxy groups -OCH3 is 2. The number of hydrogen-bond donors (Lipinski definition) is 0. The van der Waals surface area contributed by atoms with Gasteiger partial charge in [-0.15, -0.1) is 0 Å². The molecule has 0 unspecified atom stereocenters. The van der Waals surface area contributed by atoms with Crippen LogP contribution in [0.1, 0.15) is 6.92 Å². The Labute approximate surface area is 195 Å². The molecular weight excluding hydrogens is 436 g/mol. The number of likely N-dealkylation sites (N-methyl/N-ethyl adjacent to an activating group) is 1. The number of nitrogens with zero attached hydrogens (tertiary/aromatic N) is 4. The summed E-state index contributed by atoms with van der Waals surface area (Å²) in [5.74, 6) is 2.26. The van der Waals surface area contributed by atoms with Crippen molar-refractivity contribution < 1.29 is 18.9 Å². The molecule has 0 aliphatic carbocycles. The molecule has 174 valence electrons. The van der Waals surface area contributed by atoms with Crippen LogP contribution in [0.3, 0.4) is 0 Å². The van der Waals surface area contributed by atoms with Gasteiger partial charge in [-0.05, 0) is 24.7 Å². The van der Waals surface area contributed by atoms with Crippen molar-refractivity contribution in [3.8, 4) is 29.1 Å². The summed E-state index contributed by atoms with van der Waals surface area (Å²) in [4.78, 5) is 20.5. The highest BCUT2D eigenvalue weighted by atomic mass is 16.7. The van der Waals surface area contributed by atoms with Gasteiger partial charge in [-0.25, -0.2) is 0 Å². The SMILES string of the molecule is CCN(CC#N)CCn1c(=O)c2cc(OC)c(OC)cc2c2cnc3cc4c(cc3c21)OCO4. The van der Waals surface area contributed by atoms with Gasteiger partial charge in [0.2, 0.25) is 6.79 Å². The molecule has 0 bridgehead atoms. The van der Waals surface area contributed by atoms with E-state index in [4.69, 9.17) is 24.2 Å². The first-order valence-corrected chi connectivity index (χ1v) is 11.0. The third-order valence-electron chi connectivity index (χ3n) is 6.27.